The SMILES string of the molecule is CN1CCC(Nc2nc(N)nc(-n3cccn3)n2)C1=O. The van der Waals surface area contributed by atoms with Crippen molar-refractivity contribution in [3.63, 3.8) is 0 Å². The normalized spacial score (nSPS) is 18.6. The Hall–Kier alpha value is -2.71. The van der Waals surface area contributed by atoms with Gasteiger partial charge in [0.1, 0.15) is 6.04 Å². The largest absolute Gasteiger partial charge is 0.368 e. The van der Waals surface area contributed by atoms with Gasteiger partial charge in [-0.1, -0.05) is 0 Å². The van der Waals surface area contributed by atoms with E-state index in [9.17, 15) is 4.79 Å². The summed E-state index contributed by atoms with van der Waals surface area (Å²) in [6.07, 6.45) is 4.02. The predicted molar refractivity (Wildman–Crippen MR) is 71.0 cm³/mol. The summed E-state index contributed by atoms with van der Waals surface area (Å²) in [5.74, 6) is 0.678. The van der Waals surface area contributed by atoms with Crippen LogP contribution in [0.3, 0.4) is 0 Å². The minimum absolute atomic E-state index is 0.0182. The molecular weight excluding hydrogens is 260 g/mol. The maximum atomic E-state index is 11.9. The van der Waals surface area contributed by atoms with Crippen molar-refractivity contribution in [3.8, 4) is 5.95 Å². The number of carbonyl (C=O) groups is 1. The minimum atomic E-state index is -0.327. The Morgan fingerprint density at radius 1 is 1.40 bits per heavy atom. The summed E-state index contributed by atoms with van der Waals surface area (Å²) >= 11 is 0. The lowest BCUT2D eigenvalue weighted by atomic mass is 10.2. The first-order valence-corrected chi connectivity index (χ1v) is 6.16. The molecule has 0 spiro atoms. The zero-order valence-corrected chi connectivity index (χ0v) is 10.9. The molecule has 2 aromatic heterocycles. The van der Waals surface area contributed by atoms with Crippen LogP contribution in [0.2, 0.25) is 0 Å². The molecular formula is C11H14N8O. The number of hydrogen-bond acceptors (Lipinski definition) is 7. The van der Waals surface area contributed by atoms with Gasteiger partial charge in [-0.2, -0.15) is 20.1 Å². The molecule has 0 aliphatic carbocycles. The third-order valence-electron chi connectivity index (χ3n) is 3.08. The average Bonchev–Trinajstić information content (AvgIpc) is 3.04. The van der Waals surface area contributed by atoms with Crippen molar-refractivity contribution in [2.24, 2.45) is 0 Å². The van der Waals surface area contributed by atoms with Crippen LogP contribution in [0.4, 0.5) is 11.9 Å². The molecule has 20 heavy (non-hydrogen) atoms. The van der Waals surface area contributed by atoms with E-state index >= 15 is 0 Å². The first kappa shape index (κ1) is 12.3. The zero-order valence-electron chi connectivity index (χ0n) is 10.9. The highest BCUT2D eigenvalue weighted by Crippen LogP contribution is 2.14. The lowest BCUT2D eigenvalue weighted by molar-refractivity contribution is -0.127. The lowest BCUT2D eigenvalue weighted by Crippen LogP contribution is -2.31. The first-order valence-electron chi connectivity index (χ1n) is 6.16. The summed E-state index contributed by atoms with van der Waals surface area (Å²) in [7, 11) is 1.76. The van der Waals surface area contributed by atoms with Gasteiger partial charge in [-0.25, -0.2) is 4.68 Å². The number of carbonyl (C=O) groups excluding carboxylic acids is 1. The molecule has 3 heterocycles. The van der Waals surface area contributed by atoms with Crippen LogP contribution < -0.4 is 11.1 Å². The van der Waals surface area contributed by atoms with E-state index in [1.165, 1.54) is 4.68 Å². The second kappa shape index (κ2) is 4.76. The highest BCUT2D eigenvalue weighted by atomic mass is 16.2. The number of likely N-dealkylation sites (tertiary alicyclic amines) is 1. The van der Waals surface area contributed by atoms with Crippen molar-refractivity contribution >= 4 is 17.8 Å². The fourth-order valence-corrected chi connectivity index (χ4v) is 2.05. The second-order valence-electron chi connectivity index (χ2n) is 4.51. The number of amides is 1. The number of hydrogen-bond donors (Lipinski definition) is 2. The van der Waals surface area contributed by atoms with Crippen LogP contribution in [0.25, 0.3) is 5.95 Å². The van der Waals surface area contributed by atoms with Gasteiger partial charge in [0.2, 0.25) is 17.8 Å². The van der Waals surface area contributed by atoms with E-state index in [0.29, 0.717) is 18.9 Å². The number of rotatable bonds is 3. The summed E-state index contributed by atoms with van der Waals surface area (Å²) in [6, 6.07) is 1.43. The first-order chi connectivity index (χ1) is 9.63. The van der Waals surface area contributed by atoms with Crippen molar-refractivity contribution in [2.45, 2.75) is 12.5 Å². The highest BCUT2D eigenvalue weighted by Gasteiger charge is 2.29. The van der Waals surface area contributed by atoms with Gasteiger partial charge in [-0.15, -0.1) is 0 Å². The second-order valence-corrected chi connectivity index (χ2v) is 4.51. The summed E-state index contributed by atoms with van der Waals surface area (Å²) in [5, 5.41) is 7.02. The number of nitrogens with two attached hydrogens (primary N) is 1. The molecule has 0 saturated carbocycles. The number of aromatic nitrogens is 5. The number of nitrogen functional groups attached to an aromatic ring is 1. The fourth-order valence-electron chi connectivity index (χ4n) is 2.05. The molecule has 1 saturated heterocycles. The Morgan fingerprint density at radius 2 is 2.25 bits per heavy atom. The third-order valence-corrected chi connectivity index (χ3v) is 3.08. The van der Waals surface area contributed by atoms with E-state index < -0.39 is 0 Å². The number of anilines is 2. The van der Waals surface area contributed by atoms with Gasteiger partial charge in [0.05, 0.1) is 0 Å². The van der Waals surface area contributed by atoms with E-state index in [-0.39, 0.29) is 23.8 Å². The van der Waals surface area contributed by atoms with Crippen LogP contribution in [0, 0.1) is 0 Å². The standard InChI is InChI=1S/C11H14N8O/c1-18-6-3-7(8(18)20)14-10-15-9(12)16-11(17-10)19-5-2-4-13-19/h2,4-5,7H,3,6H2,1H3,(H3,12,14,15,16,17). The number of nitrogens with zero attached hydrogens (tertiary/aromatic N) is 6. The smallest absolute Gasteiger partial charge is 0.257 e. The minimum Gasteiger partial charge on any atom is -0.368 e. The molecule has 1 unspecified atom stereocenters. The van der Waals surface area contributed by atoms with Crippen molar-refractivity contribution in [1.82, 2.24) is 29.6 Å². The summed E-state index contributed by atoms with van der Waals surface area (Å²) in [6.45, 7) is 0.711. The van der Waals surface area contributed by atoms with Crippen molar-refractivity contribution in [1.29, 1.82) is 0 Å². The molecule has 0 bridgehead atoms. The van der Waals surface area contributed by atoms with Gasteiger partial charge in [-0.3, -0.25) is 4.79 Å². The molecule has 0 aromatic carbocycles. The van der Waals surface area contributed by atoms with E-state index in [0.717, 1.165) is 0 Å². The van der Waals surface area contributed by atoms with Gasteiger partial charge in [-0.05, 0) is 12.5 Å². The molecule has 1 aliphatic heterocycles. The molecule has 1 amide bonds. The van der Waals surface area contributed by atoms with Crippen molar-refractivity contribution in [3.05, 3.63) is 18.5 Å². The van der Waals surface area contributed by atoms with Crippen LogP contribution in [-0.2, 0) is 4.79 Å². The van der Waals surface area contributed by atoms with Crippen molar-refractivity contribution in [2.75, 3.05) is 24.6 Å². The van der Waals surface area contributed by atoms with Gasteiger partial charge >= 0.3 is 0 Å². The quantitative estimate of drug-likeness (QED) is 0.759. The van der Waals surface area contributed by atoms with E-state index in [1.807, 2.05) is 0 Å². The topological polar surface area (TPSA) is 115 Å². The molecule has 1 atom stereocenters. The Balaban J connectivity index is 1.85. The molecule has 3 N–H and O–H groups in total. The molecule has 9 heteroatoms. The van der Waals surface area contributed by atoms with E-state index in [1.54, 1.807) is 30.4 Å². The van der Waals surface area contributed by atoms with Gasteiger partial charge in [0.25, 0.3) is 5.95 Å². The fraction of sp³-hybridized carbons (Fsp3) is 0.364. The maximum Gasteiger partial charge on any atom is 0.257 e. The number of nitrogens with one attached hydrogen (secondary N) is 1. The molecule has 1 fully saturated rings. The third kappa shape index (κ3) is 2.25. The van der Waals surface area contributed by atoms with Gasteiger partial charge in [0, 0.05) is 26.0 Å². The molecule has 3 rings (SSSR count). The van der Waals surface area contributed by atoms with Crippen LogP contribution in [-0.4, -0.2) is 55.2 Å². The van der Waals surface area contributed by atoms with Crippen LogP contribution in [0.5, 0.6) is 0 Å². The lowest BCUT2D eigenvalue weighted by Gasteiger charge is -2.12. The van der Waals surface area contributed by atoms with Crippen LogP contribution in [0.15, 0.2) is 18.5 Å². The number of likely N-dealkylation sites (N-methyl/N-ethyl adjacent to an activating group) is 1. The van der Waals surface area contributed by atoms with E-state index in [4.69, 9.17) is 5.73 Å². The van der Waals surface area contributed by atoms with Crippen molar-refractivity contribution < 1.29 is 4.79 Å². The van der Waals surface area contributed by atoms with E-state index in [2.05, 4.69) is 25.4 Å². The summed E-state index contributed by atoms with van der Waals surface area (Å²) < 4.78 is 1.48. The average molecular weight is 274 g/mol. The molecule has 2 aromatic rings. The molecule has 104 valence electrons. The summed E-state index contributed by atoms with van der Waals surface area (Å²) in [4.78, 5) is 25.7. The molecule has 1 aliphatic rings. The molecule has 9 nitrogen and oxygen atoms in total. The monoisotopic (exact) mass is 274 g/mol. The molecule has 0 radical (unpaired) electrons. The predicted octanol–water partition coefficient (Wildman–Crippen LogP) is -0.718. The zero-order chi connectivity index (χ0) is 14.1. The van der Waals surface area contributed by atoms with Crippen LogP contribution in [0.1, 0.15) is 6.42 Å². The van der Waals surface area contributed by atoms with Gasteiger partial charge < -0.3 is 16.0 Å². The van der Waals surface area contributed by atoms with Gasteiger partial charge in [0.15, 0.2) is 0 Å². The Bertz CT molecular complexity index is 625. The highest BCUT2D eigenvalue weighted by molar-refractivity contribution is 5.86. The Morgan fingerprint density at radius 3 is 2.90 bits per heavy atom. The van der Waals surface area contributed by atoms with Crippen LogP contribution >= 0.6 is 0 Å². The Kier molecular flexibility index (Phi) is 2.93. The maximum absolute atomic E-state index is 11.9. The Labute approximate surface area is 114 Å². The summed E-state index contributed by atoms with van der Waals surface area (Å²) in [5.41, 5.74) is 5.66.